The highest BCUT2D eigenvalue weighted by Crippen LogP contribution is 2.10. The number of carbonyl (C=O) groups excluding carboxylic acids is 2. The molecule has 0 saturated carbocycles. The predicted molar refractivity (Wildman–Crippen MR) is 56.7 cm³/mol. The van der Waals surface area contributed by atoms with Crippen LogP contribution < -0.4 is 0 Å². The second-order valence-corrected chi connectivity index (χ2v) is 3.61. The number of aldehydes is 1. The third-order valence-corrected chi connectivity index (χ3v) is 2.22. The lowest BCUT2D eigenvalue weighted by atomic mass is 10.1. The van der Waals surface area contributed by atoms with Gasteiger partial charge in [0.2, 0.25) is 0 Å². The van der Waals surface area contributed by atoms with Gasteiger partial charge in [0.05, 0.1) is 0 Å². The van der Waals surface area contributed by atoms with E-state index in [9.17, 15) is 9.59 Å². The van der Waals surface area contributed by atoms with Crippen LogP contribution in [0.3, 0.4) is 0 Å². The lowest BCUT2D eigenvalue weighted by Crippen LogP contribution is -1.98. The molecule has 0 aliphatic heterocycles. The Morgan fingerprint density at radius 3 is 2.80 bits per heavy atom. The molecule has 0 bridgehead atoms. The van der Waals surface area contributed by atoms with E-state index in [1.54, 1.807) is 0 Å². The fraction of sp³-hybridized carbons (Fsp3) is 0.500. The molecule has 0 unspecified atom stereocenters. The molecule has 1 rings (SSSR count). The number of rotatable bonds is 7. The van der Waals surface area contributed by atoms with Gasteiger partial charge in [0.1, 0.15) is 23.6 Å². The molecule has 0 aromatic carbocycles. The van der Waals surface area contributed by atoms with Crippen molar-refractivity contribution >= 4 is 12.1 Å². The van der Waals surface area contributed by atoms with E-state index in [2.05, 4.69) is 0 Å². The molecule has 0 N–H and O–H groups in total. The Labute approximate surface area is 89.5 Å². The smallest absolute Gasteiger partial charge is 0.133 e. The first-order chi connectivity index (χ1) is 7.22. The summed E-state index contributed by atoms with van der Waals surface area (Å²) in [6, 6.07) is 3.86. The monoisotopic (exact) mass is 208 g/mol. The van der Waals surface area contributed by atoms with Gasteiger partial charge in [-0.25, -0.2) is 0 Å². The molecule has 0 fully saturated rings. The average molecular weight is 208 g/mol. The summed E-state index contributed by atoms with van der Waals surface area (Å²) in [5.41, 5.74) is 0. The maximum absolute atomic E-state index is 11.2. The van der Waals surface area contributed by atoms with E-state index in [1.807, 2.05) is 19.1 Å². The minimum atomic E-state index is 0.158. The van der Waals surface area contributed by atoms with E-state index in [-0.39, 0.29) is 5.78 Å². The molecule has 0 atom stereocenters. The van der Waals surface area contributed by atoms with Gasteiger partial charge in [-0.2, -0.15) is 0 Å². The van der Waals surface area contributed by atoms with Crippen LogP contribution in [0.25, 0.3) is 0 Å². The second kappa shape index (κ2) is 6.17. The average Bonchev–Trinajstić information content (AvgIpc) is 2.61. The minimum absolute atomic E-state index is 0.158. The molecule has 82 valence electrons. The van der Waals surface area contributed by atoms with Gasteiger partial charge >= 0.3 is 0 Å². The van der Waals surface area contributed by atoms with Crippen LogP contribution in [0.1, 0.15) is 37.2 Å². The van der Waals surface area contributed by atoms with Crippen molar-refractivity contribution in [2.75, 3.05) is 0 Å². The van der Waals surface area contributed by atoms with Crippen LogP contribution in [-0.4, -0.2) is 12.1 Å². The molecule has 0 amide bonds. The van der Waals surface area contributed by atoms with Gasteiger partial charge in [-0.15, -0.1) is 0 Å². The summed E-state index contributed by atoms with van der Waals surface area (Å²) in [5, 5.41) is 0. The van der Waals surface area contributed by atoms with Gasteiger partial charge in [0.25, 0.3) is 0 Å². The quantitative estimate of drug-likeness (QED) is 0.646. The Hall–Kier alpha value is -1.38. The molecule has 0 spiro atoms. The van der Waals surface area contributed by atoms with E-state index in [1.165, 1.54) is 0 Å². The van der Waals surface area contributed by atoms with Crippen molar-refractivity contribution in [3.05, 3.63) is 23.7 Å². The normalized spacial score (nSPS) is 10.2. The van der Waals surface area contributed by atoms with Crippen LogP contribution >= 0.6 is 0 Å². The fourth-order valence-electron chi connectivity index (χ4n) is 1.42. The van der Waals surface area contributed by atoms with Crippen molar-refractivity contribution in [2.24, 2.45) is 0 Å². The summed E-state index contributed by atoms with van der Waals surface area (Å²) in [7, 11) is 0. The van der Waals surface area contributed by atoms with Crippen LogP contribution in [-0.2, 0) is 16.0 Å². The van der Waals surface area contributed by atoms with Gasteiger partial charge in [-0.05, 0) is 25.5 Å². The third kappa shape index (κ3) is 4.58. The van der Waals surface area contributed by atoms with E-state index >= 15 is 0 Å². The second-order valence-electron chi connectivity index (χ2n) is 3.61. The largest absolute Gasteiger partial charge is 0.466 e. The first-order valence-corrected chi connectivity index (χ1v) is 5.23. The van der Waals surface area contributed by atoms with Gasteiger partial charge in [-0.1, -0.05) is 0 Å². The Balaban J connectivity index is 2.16. The topological polar surface area (TPSA) is 47.3 Å². The van der Waals surface area contributed by atoms with Crippen molar-refractivity contribution in [1.82, 2.24) is 0 Å². The van der Waals surface area contributed by atoms with Crippen LogP contribution in [0.4, 0.5) is 0 Å². The van der Waals surface area contributed by atoms with E-state index in [4.69, 9.17) is 4.42 Å². The van der Waals surface area contributed by atoms with Crippen LogP contribution in [0, 0.1) is 6.92 Å². The zero-order chi connectivity index (χ0) is 11.1. The Bertz CT molecular complexity index is 325. The van der Waals surface area contributed by atoms with Crippen molar-refractivity contribution in [1.29, 1.82) is 0 Å². The molecular weight excluding hydrogens is 192 g/mol. The first kappa shape index (κ1) is 11.7. The summed E-state index contributed by atoms with van der Waals surface area (Å²) < 4.78 is 5.38. The van der Waals surface area contributed by atoms with Gasteiger partial charge < -0.3 is 9.21 Å². The third-order valence-electron chi connectivity index (χ3n) is 2.22. The zero-order valence-corrected chi connectivity index (χ0v) is 8.99. The summed E-state index contributed by atoms with van der Waals surface area (Å²) in [5.74, 6) is 1.98. The molecule has 0 radical (unpaired) electrons. The highest BCUT2D eigenvalue weighted by Gasteiger charge is 2.03. The van der Waals surface area contributed by atoms with Gasteiger partial charge in [0.15, 0.2) is 0 Å². The van der Waals surface area contributed by atoms with Gasteiger partial charge in [-0.3, -0.25) is 4.79 Å². The lowest BCUT2D eigenvalue weighted by Gasteiger charge is -1.97. The molecular formula is C12H16O3. The molecule has 0 aliphatic carbocycles. The first-order valence-electron chi connectivity index (χ1n) is 5.23. The van der Waals surface area contributed by atoms with E-state index in [0.717, 1.165) is 30.6 Å². The Kier molecular flexibility index (Phi) is 4.81. The fourth-order valence-corrected chi connectivity index (χ4v) is 1.42. The Morgan fingerprint density at radius 1 is 1.40 bits per heavy atom. The molecule has 0 saturated heterocycles. The van der Waals surface area contributed by atoms with E-state index < -0.39 is 0 Å². The highest BCUT2D eigenvalue weighted by atomic mass is 16.3. The number of hydrogen-bond acceptors (Lipinski definition) is 3. The molecule has 0 aliphatic rings. The van der Waals surface area contributed by atoms with Crippen LogP contribution in [0.15, 0.2) is 16.5 Å². The lowest BCUT2D eigenvalue weighted by molar-refractivity contribution is -0.120. The maximum atomic E-state index is 11.2. The summed E-state index contributed by atoms with van der Waals surface area (Å²) in [4.78, 5) is 21.2. The number of carbonyl (C=O) groups is 2. The highest BCUT2D eigenvalue weighted by molar-refractivity contribution is 5.80. The molecule has 3 heteroatoms. The molecule has 1 aromatic heterocycles. The minimum Gasteiger partial charge on any atom is -0.466 e. The number of furan rings is 1. The number of ketones is 1. The van der Waals surface area contributed by atoms with Crippen LogP contribution in [0.2, 0.25) is 0 Å². The SMILES string of the molecule is Cc1ccc(CCCC(=O)CCC=O)o1. The maximum Gasteiger partial charge on any atom is 0.133 e. The summed E-state index contributed by atoms with van der Waals surface area (Å²) >= 11 is 0. The number of hydrogen-bond donors (Lipinski definition) is 0. The molecule has 15 heavy (non-hydrogen) atoms. The van der Waals surface area contributed by atoms with Crippen LogP contribution in [0.5, 0.6) is 0 Å². The number of aryl methyl sites for hydroxylation is 2. The standard InChI is InChI=1S/C12H16O3/c1-10-7-8-12(15-10)6-2-4-11(14)5-3-9-13/h7-9H,2-6H2,1H3. The van der Waals surface area contributed by atoms with Crippen molar-refractivity contribution in [2.45, 2.75) is 39.0 Å². The Morgan fingerprint density at radius 2 is 2.20 bits per heavy atom. The number of Topliss-reactive ketones (excluding diaryl/α,β-unsaturated/α-hetero) is 1. The molecule has 1 aromatic rings. The zero-order valence-electron chi connectivity index (χ0n) is 8.99. The van der Waals surface area contributed by atoms with Gasteiger partial charge in [0, 0.05) is 25.7 Å². The predicted octanol–water partition coefficient (Wildman–Crippen LogP) is 2.46. The summed E-state index contributed by atoms with van der Waals surface area (Å²) in [6.07, 6.45) is 3.63. The van der Waals surface area contributed by atoms with Crippen molar-refractivity contribution < 1.29 is 14.0 Å². The van der Waals surface area contributed by atoms with E-state index in [0.29, 0.717) is 19.3 Å². The van der Waals surface area contributed by atoms with Crippen molar-refractivity contribution in [3.63, 3.8) is 0 Å². The molecule has 1 heterocycles. The van der Waals surface area contributed by atoms with Crippen molar-refractivity contribution in [3.8, 4) is 0 Å². The summed E-state index contributed by atoms with van der Waals surface area (Å²) in [6.45, 7) is 1.90. The molecule has 3 nitrogen and oxygen atoms in total.